The second-order valence-corrected chi connectivity index (χ2v) is 5.14. The van der Waals surface area contributed by atoms with Crippen molar-refractivity contribution in [2.45, 2.75) is 32.9 Å². The van der Waals surface area contributed by atoms with Gasteiger partial charge in [-0.3, -0.25) is 9.67 Å². The summed E-state index contributed by atoms with van der Waals surface area (Å²) < 4.78 is 3.92. The number of hydrogen-bond donors (Lipinski definition) is 1. The summed E-state index contributed by atoms with van der Waals surface area (Å²) in [6.45, 7) is 5.03. The zero-order chi connectivity index (χ0) is 14.8. The molecule has 1 N–H and O–H groups in total. The normalized spacial score (nSPS) is 12.9. The van der Waals surface area contributed by atoms with Crippen LogP contribution >= 0.6 is 0 Å². The molecule has 0 aliphatic carbocycles. The highest BCUT2D eigenvalue weighted by Gasteiger charge is 2.17. The Kier molecular flexibility index (Phi) is 3.70. The van der Waals surface area contributed by atoms with Crippen molar-refractivity contribution in [3.63, 3.8) is 0 Å². The average molecular weight is 284 g/mol. The minimum Gasteiger partial charge on any atom is -0.313 e. The molecule has 0 fully saturated rings. The van der Waals surface area contributed by atoms with E-state index in [1.54, 1.807) is 6.20 Å². The topological polar surface area (TPSA) is 60.0 Å². The van der Waals surface area contributed by atoms with Gasteiger partial charge in [0.25, 0.3) is 0 Å². The molecule has 0 bridgehead atoms. The molecule has 3 heterocycles. The van der Waals surface area contributed by atoms with Crippen LogP contribution in [-0.4, -0.2) is 31.4 Å². The molecule has 6 heteroatoms. The van der Waals surface area contributed by atoms with Crippen LogP contribution in [0.25, 0.3) is 5.52 Å². The number of nitrogens with zero attached hydrogens (tertiary/aromatic N) is 5. The molecule has 110 valence electrons. The van der Waals surface area contributed by atoms with Crippen LogP contribution in [0.5, 0.6) is 0 Å². The molecule has 3 rings (SSSR count). The first-order chi connectivity index (χ1) is 10.2. The van der Waals surface area contributed by atoms with Crippen molar-refractivity contribution in [3.05, 3.63) is 47.8 Å². The monoisotopic (exact) mass is 284 g/mol. The second kappa shape index (κ2) is 5.65. The van der Waals surface area contributed by atoms with Crippen LogP contribution in [0.3, 0.4) is 0 Å². The summed E-state index contributed by atoms with van der Waals surface area (Å²) in [5.74, 6) is 0. The number of hydrogen-bond acceptors (Lipinski definition) is 4. The van der Waals surface area contributed by atoms with Crippen molar-refractivity contribution in [2.24, 2.45) is 0 Å². The van der Waals surface area contributed by atoms with Gasteiger partial charge in [-0.2, -0.15) is 10.2 Å². The lowest BCUT2D eigenvalue weighted by atomic mass is 10.0. The van der Waals surface area contributed by atoms with Crippen molar-refractivity contribution in [1.29, 1.82) is 0 Å². The molecular weight excluding hydrogens is 264 g/mol. The summed E-state index contributed by atoms with van der Waals surface area (Å²) in [5, 5.41) is 12.3. The second-order valence-electron chi connectivity index (χ2n) is 5.14. The van der Waals surface area contributed by atoms with E-state index in [4.69, 9.17) is 0 Å². The maximum absolute atomic E-state index is 4.52. The first-order valence-electron chi connectivity index (χ1n) is 7.20. The van der Waals surface area contributed by atoms with Gasteiger partial charge in [-0.15, -0.1) is 0 Å². The zero-order valence-corrected chi connectivity index (χ0v) is 12.6. The molecule has 3 aromatic rings. The fraction of sp³-hybridized carbons (Fsp3) is 0.400. The maximum atomic E-state index is 4.52. The van der Waals surface area contributed by atoms with E-state index < -0.39 is 0 Å². The maximum Gasteiger partial charge on any atom is 0.0892 e. The summed E-state index contributed by atoms with van der Waals surface area (Å²) in [5.41, 5.74) is 4.49. The third kappa shape index (κ3) is 2.54. The molecule has 1 unspecified atom stereocenters. The van der Waals surface area contributed by atoms with Gasteiger partial charge in [0.1, 0.15) is 0 Å². The van der Waals surface area contributed by atoms with Gasteiger partial charge in [-0.05, 0) is 27.0 Å². The van der Waals surface area contributed by atoms with Gasteiger partial charge in [0, 0.05) is 42.7 Å². The van der Waals surface area contributed by atoms with E-state index in [0.29, 0.717) is 0 Å². The molecule has 3 aromatic heterocycles. The van der Waals surface area contributed by atoms with Crippen molar-refractivity contribution in [2.75, 3.05) is 7.05 Å². The largest absolute Gasteiger partial charge is 0.313 e. The predicted molar refractivity (Wildman–Crippen MR) is 81.1 cm³/mol. The molecular formula is C15H20N6. The molecule has 6 nitrogen and oxygen atoms in total. The molecule has 0 spiro atoms. The summed E-state index contributed by atoms with van der Waals surface area (Å²) >= 11 is 0. The molecule has 0 aliphatic rings. The summed E-state index contributed by atoms with van der Waals surface area (Å²) in [7, 11) is 1.98. The molecule has 0 radical (unpaired) electrons. The molecule has 1 atom stereocenters. The summed E-state index contributed by atoms with van der Waals surface area (Å²) in [6, 6.07) is 2.34. The van der Waals surface area contributed by atoms with E-state index in [-0.39, 0.29) is 6.04 Å². The van der Waals surface area contributed by atoms with Crippen LogP contribution in [0, 0.1) is 6.92 Å². The molecule has 0 amide bonds. The van der Waals surface area contributed by atoms with E-state index in [2.05, 4.69) is 38.2 Å². The number of rotatable bonds is 5. The Morgan fingerprint density at radius 1 is 1.33 bits per heavy atom. The number of fused-ring (bicyclic) bond motifs is 1. The van der Waals surface area contributed by atoms with Crippen molar-refractivity contribution in [3.8, 4) is 0 Å². The van der Waals surface area contributed by atoms with E-state index in [0.717, 1.165) is 29.7 Å². The number of aryl methyl sites for hydroxylation is 2. The SMILES string of the molecule is CCn1nc(C)cc1CC(NC)c1cnn2ccncc12. The lowest BCUT2D eigenvalue weighted by Crippen LogP contribution is -2.20. The van der Waals surface area contributed by atoms with Gasteiger partial charge in [0.05, 0.1) is 23.6 Å². The van der Waals surface area contributed by atoms with Gasteiger partial charge in [0.15, 0.2) is 0 Å². The number of likely N-dealkylation sites (N-methyl/N-ethyl adjacent to an activating group) is 1. The molecule has 0 aromatic carbocycles. The predicted octanol–water partition coefficient (Wildman–Crippen LogP) is 1.76. The fourth-order valence-corrected chi connectivity index (χ4v) is 2.74. The van der Waals surface area contributed by atoms with E-state index in [1.165, 1.54) is 5.69 Å². The first-order valence-corrected chi connectivity index (χ1v) is 7.20. The number of aromatic nitrogens is 5. The highest BCUT2D eigenvalue weighted by Crippen LogP contribution is 2.22. The highest BCUT2D eigenvalue weighted by molar-refractivity contribution is 5.53. The standard InChI is InChI=1S/C15H20N6/c1-4-20-12(7-11(2)19-20)8-14(16-3)13-9-18-21-6-5-17-10-15(13)21/h5-7,9-10,14,16H,4,8H2,1-3H3. The van der Waals surface area contributed by atoms with Crippen LogP contribution in [0.15, 0.2) is 30.9 Å². The van der Waals surface area contributed by atoms with Crippen molar-refractivity contribution in [1.82, 2.24) is 29.7 Å². The van der Waals surface area contributed by atoms with Gasteiger partial charge < -0.3 is 5.32 Å². The van der Waals surface area contributed by atoms with Gasteiger partial charge >= 0.3 is 0 Å². The Bertz CT molecular complexity index is 742. The van der Waals surface area contributed by atoms with Crippen LogP contribution in [0.4, 0.5) is 0 Å². The fourth-order valence-electron chi connectivity index (χ4n) is 2.74. The Morgan fingerprint density at radius 3 is 2.95 bits per heavy atom. The van der Waals surface area contributed by atoms with Crippen LogP contribution in [0.1, 0.15) is 29.9 Å². The van der Waals surface area contributed by atoms with Crippen LogP contribution in [-0.2, 0) is 13.0 Å². The molecule has 0 saturated heterocycles. The Morgan fingerprint density at radius 2 is 2.19 bits per heavy atom. The quantitative estimate of drug-likeness (QED) is 0.775. The van der Waals surface area contributed by atoms with Crippen molar-refractivity contribution < 1.29 is 0 Å². The number of nitrogens with one attached hydrogen (secondary N) is 1. The third-order valence-corrected chi connectivity index (χ3v) is 3.78. The first kappa shape index (κ1) is 13.8. The molecule has 21 heavy (non-hydrogen) atoms. The summed E-state index contributed by atoms with van der Waals surface area (Å²) in [4.78, 5) is 4.20. The van der Waals surface area contributed by atoms with Crippen LogP contribution < -0.4 is 5.32 Å². The third-order valence-electron chi connectivity index (χ3n) is 3.78. The lowest BCUT2D eigenvalue weighted by molar-refractivity contribution is 0.543. The lowest BCUT2D eigenvalue weighted by Gasteiger charge is -2.15. The smallest absolute Gasteiger partial charge is 0.0892 e. The van der Waals surface area contributed by atoms with Crippen molar-refractivity contribution >= 4 is 5.52 Å². The van der Waals surface area contributed by atoms with E-state index >= 15 is 0 Å². The Hall–Kier alpha value is -2.21. The minimum absolute atomic E-state index is 0.188. The van der Waals surface area contributed by atoms with Gasteiger partial charge in [-0.1, -0.05) is 0 Å². The van der Waals surface area contributed by atoms with Gasteiger partial charge in [-0.25, -0.2) is 4.52 Å². The Balaban J connectivity index is 1.95. The van der Waals surface area contributed by atoms with Crippen LogP contribution in [0.2, 0.25) is 0 Å². The van der Waals surface area contributed by atoms with E-state index in [9.17, 15) is 0 Å². The zero-order valence-electron chi connectivity index (χ0n) is 12.6. The molecule has 0 aliphatic heterocycles. The minimum atomic E-state index is 0.188. The average Bonchev–Trinajstić information content (AvgIpc) is 3.08. The van der Waals surface area contributed by atoms with Gasteiger partial charge in [0.2, 0.25) is 0 Å². The highest BCUT2D eigenvalue weighted by atomic mass is 15.3. The Labute approximate surface area is 123 Å². The molecule has 0 saturated carbocycles. The summed E-state index contributed by atoms with van der Waals surface area (Å²) in [6.07, 6.45) is 8.26. The van der Waals surface area contributed by atoms with E-state index in [1.807, 2.05) is 37.1 Å².